The highest BCUT2D eigenvalue weighted by atomic mass is 35.5. The highest BCUT2D eigenvalue weighted by Gasteiger charge is 2.34. The zero-order valence-corrected chi connectivity index (χ0v) is 16.9. The van der Waals surface area contributed by atoms with E-state index < -0.39 is 0 Å². The van der Waals surface area contributed by atoms with Gasteiger partial charge in [0.15, 0.2) is 5.82 Å². The van der Waals surface area contributed by atoms with Gasteiger partial charge < -0.3 is 0 Å². The molecule has 0 amide bonds. The topological polar surface area (TPSA) is 50.1 Å². The maximum Gasteiger partial charge on any atom is 0.173 e. The summed E-state index contributed by atoms with van der Waals surface area (Å²) >= 11 is 0. The van der Waals surface area contributed by atoms with Crippen LogP contribution in [0.2, 0.25) is 0 Å². The van der Waals surface area contributed by atoms with Gasteiger partial charge >= 0.3 is 0 Å². The molecule has 152 valence electrons. The molecule has 2 aromatic rings. The third kappa shape index (κ3) is 4.26. The van der Waals surface area contributed by atoms with Gasteiger partial charge in [-0.15, -0.1) is 24.1 Å². The molecule has 1 unspecified atom stereocenters. The van der Waals surface area contributed by atoms with Gasteiger partial charge in [0.05, 0.1) is 6.04 Å². The molecule has 0 N–H and O–H groups in total. The number of aromatic nitrogens is 4. The Hall–Kier alpha value is -1.83. The molecule has 2 aliphatic rings. The van der Waals surface area contributed by atoms with Crippen LogP contribution in [0, 0.1) is 5.82 Å². The minimum atomic E-state index is -0.257. The highest BCUT2D eigenvalue weighted by molar-refractivity contribution is 5.85. The molecular weight excluding hydrogens is 379 g/mol. The highest BCUT2D eigenvalue weighted by Crippen LogP contribution is 2.35. The second kappa shape index (κ2) is 9.58. The van der Waals surface area contributed by atoms with Crippen LogP contribution in [-0.2, 0) is 0 Å². The van der Waals surface area contributed by atoms with Crippen molar-refractivity contribution in [3.8, 4) is 0 Å². The lowest BCUT2D eigenvalue weighted by atomic mass is 10.0. The van der Waals surface area contributed by atoms with Crippen molar-refractivity contribution in [3.63, 3.8) is 0 Å². The quantitative estimate of drug-likeness (QED) is 0.689. The second-order valence-electron chi connectivity index (χ2n) is 7.47. The van der Waals surface area contributed by atoms with E-state index in [1.807, 2.05) is 22.9 Å². The molecule has 28 heavy (non-hydrogen) atoms. The number of halogens is 2. The molecule has 4 rings (SSSR count). The van der Waals surface area contributed by atoms with Crippen molar-refractivity contribution in [2.45, 2.75) is 37.8 Å². The lowest BCUT2D eigenvalue weighted by molar-refractivity contribution is 0.110. The number of benzene rings is 1. The summed E-state index contributed by atoms with van der Waals surface area (Å²) in [5.74, 6) is 0.571. The molecule has 0 bridgehead atoms. The Morgan fingerprint density at radius 3 is 2.54 bits per heavy atom. The van der Waals surface area contributed by atoms with Crippen molar-refractivity contribution in [3.05, 3.63) is 54.1 Å². The molecule has 1 aromatic carbocycles. The number of rotatable bonds is 6. The molecule has 1 atom stereocenters. The molecule has 2 heterocycles. The lowest BCUT2D eigenvalue weighted by Crippen LogP contribution is -2.48. The molecule has 1 saturated heterocycles. The van der Waals surface area contributed by atoms with Crippen molar-refractivity contribution in [2.75, 3.05) is 32.7 Å². The van der Waals surface area contributed by atoms with Gasteiger partial charge in [0.1, 0.15) is 11.9 Å². The Kier molecular flexibility index (Phi) is 7.15. The first-order chi connectivity index (χ1) is 13.3. The van der Waals surface area contributed by atoms with E-state index in [4.69, 9.17) is 0 Å². The summed E-state index contributed by atoms with van der Waals surface area (Å²) in [7, 11) is 0. The van der Waals surface area contributed by atoms with Crippen LogP contribution in [0.4, 0.5) is 4.39 Å². The van der Waals surface area contributed by atoms with Crippen molar-refractivity contribution in [2.24, 2.45) is 0 Å². The molecule has 2 fully saturated rings. The van der Waals surface area contributed by atoms with Crippen LogP contribution in [-0.4, -0.2) is 62.7 Å². The van der Waals surface area contributed by atoms with Crippen LogP contribution in [0.5, 0.6) is 0 Å². The van der Waals surface area contributed by atoms with Gasteiger partial charge in [-0.1, -0.05) is 37.1 Å². The van der Waals surface area contributed by atoms with E-state index in [1.54, 1.807) is 6.07 Å². The van der Waals surface area contributed by atoms with Crippen molar-refractivity contribution in [1.82, 2.24) is 30.0 Å². The molecule has 0 spiro atoms. The van der Waals surface area contributed by atoms with Crippen LogP contribution in [0.1, 0.15) is 49.2 Å². The molecule has 1 aliphatic carbocycles. The predicted octanol–water partition coefficient (Wildman–Crippen LogP) is 3.24. The Bertz CT molecular complexity index is 768. The average Bonchev–Trinajstić information content (AvgIpc) is 3.37. The van der Waals surface area contributed by atoms with E-state index in [2.05, 4.69) is 31.9 Å². The standard InChI is InChI=1S/C20H27FN6.ClH/c1-2-11-25-12-14-26(15-13-25)19(17-9-5-6-10-18(17)21)20-22-23-24-27(20)16-7-3-4-8-16;/h2,5-6,9-10,16,19H,1,3-4,7-8,11-15H2;1H. The smallest absolute Gasteiger partial charge is 0.173 e. The second-order valence-corrected chi connectivity index (χ2v) is 7.47. The zero-order valence-electron chi connectivity index (χ0n) is 16.1. The van der Waals surface area contributed by atoms with Crippen LogP contribution >= 0.6 is 12.4 Å². The predicted molar refractivity (Wildman–Crippen MR) is 109 cm³/mol. The van der Waals surface area contributed by atoms with Crippen LogP contribution in [0.15, 0.2) is 36.9 Å². The SMILES string of the molecule is C=CCN1CCN(C(c2ccccc2F)c2nnnn2C2CCCC2)CC1.Cl. The lowest BCUT2D eigenvalue weighted by Gasteiger charge is -2.38. The number of hydrogen-bond donors (Lipinski definition) is 0. The molecule has 8 heteroatoms. The summed E-state index contributed by atoms with van der Waals surface area (Å²) in [6, 6.07) is 7.09. The molecule has 1 saturated carbocycles. The molecule has 1 aliphatic heterocycles. The summed E-state index contributed by atoms with van der Waals surface area (Å²) in [6.45, 7) is 8.28. The van der Waals surface area contributed by atoms with Gasteiger partial charge in [0, 0.05) is 38.3 Å². The van der Waals surface area contributed by atoms with Gasteiger partial charge in [-0.2, -0.15) is 0 Å². The van der Waals surface area contributed by atoms with Gasteiger partial charge in [-0.3, -0.25) is 9.80 Å². The van der Waals surface area contributed by atoms with Crippen LogP contribution < -0.4 is 0 Å². The number of tetrazole rings is 1. The average molecular weight is 407 g/mol. The molecule has 1 aromatic heterocycles. The largest absolute Gasteiger partial charge is 0.297 e. The third-order valence-electron chi connectivity index (χ3n) is 5.79. The van der Waals surface area contributed by atoms with E-state index >= 15 is 0 Å². The minimum Gasteiger partial charge on any atom is -0.297 e. The van der Waals surface area contributed by atoms with Gasteiger partial charge in [-0.05, 0) is 29.3 Å². The molecule has 6 nitrogen and oxygen atoms in total. The Morgan fingerprint density at radius 1 is 1.14 bits per heavy atom. The Morgan fingerprint density at radius 2 is 1.86 bits per heavy atom. The number of piperazine rings is 1. The fraction of sp³-hybridized carbons (Fsp3) is 0.550. The van der Waals surface area contributed by atoms with Gasteiger partial charge in [-0.25, -0.2) is 9.07 Å². The number of hydrogen-bond acceptors (Lipinski definition) is 5. The van der Waals surface area contributed by atoms with E-state index in [9.17, 15) is 4.39 Å². The summed E-state index contributed by atoms with van der Waals surface area (Å²) in [6.07, 6.45) is 6.53. The zero-order chi connectivity index (χ0) is 18.6. The van der Waals surface area contributed by atoms with Crippen molar-refractivity contribution >= 4 is 12.4 Å². The summed E-state index contributed by atoms with van der Waals surface area (Å²) < 4.78 is 16.7. The minimum absolute atomic E-state index is 0. The van der Waals surface area contributed by atoms with E-state index in [1.165, 1.54) is 18.9 Å². The third-order valence-corrected chi connectivity index (χ3v) is 5.79. The maximum absolute atomic E-state index is 14.8. The molecular formula is C20H28ClFN6. The fourth-order valence-corrected chi connectivity index (χ4v) is 4.37. The summed E-state index contributed by atoms with van der Waals surface area (Å²) in [4.78, 5) is 4.68. The summed E-state index contributed by atoms with van der Waals surface area (Å²) in [5, 5.41) is 12.6. The fourth-order valence-electron chi connectivity index (χ4n) is 4.37. The first-order valence-corrected chi connectivity index (χ1v) is 9.87. The first-order valence-electron chi connectivity index (χ1n) is 9.87. The van der Waals surface area contributed by atoms with E-state index in [0.29, 0.717) is 11.6 Å². The first kappa shape index (κ1) is 20.9. The van der Waals surface area contributed by atoms with Gasteiger partial charge in [0.2, 0.25) is 0 Å². The van der Waals surface area contributed by atoms with Gasteiger partial charge in [0.25, 0.3) is 0 Å². The maximum atomic E-state index is 14.8. The van der Waals surface area contributed by atoms with E-state index in [-0.39, 0.29) is 24.3 Å². The van der Waals surface area contributed by atoms with Crippen molar-refractivity contribution < 1.29 is 4.39 Å². The Balaban J connectivity index is 0.00000225. The van der Waals surface area contributed by atoms with Crippen LogP contribution in [0.3, 0.4) is 0 Å². The summed E-state index contributed by atoms with van der Waals surface area (Å²) in [5.41, 5.74) is 0.656. The Labute approximate surface area is 171 Å². The number of nitrogens with zero attached hydrogens (tertiary/aromatic N) is 6. The van der Waals surface area contributed by atoms with Crippen LogP contribution in [0.25, 0.3) is 0 Å². The monoisotopic (exact) mass is 406 g/mol. The normalized spacial score (nSPS) is 20.0. The van der Waals surface area contributed by atoms with E-state index in [0.717, 1.165) is 51.4 Å². The van der Waals surface area contributed by atoms with Crippen molar-refractivity contribution in [1.29, 1.82) is 0 Å². The molecule has 0 radical (unpaired) electrons.